The van der Waals surface area contributed by atoms with Crippen molar-refractivity contribution in [1.29, 1.82) is 0 Å². The van der Waals surface area contributed by atoms with Crippen molar-refractivity contribution in [3.8, 4) is 0 Å². The molecular formula is C10H15N5O3. The largest absolute Gasteiger partial charge is 0.407 e. The Morgan fingerprint density at radius 2 is 2.28 bits per heavy atom. The molecular weight excluding hydrogens is 238 g/mol. The summed E-state index contributed by atoms with van der Waals surface area (Å²) in [6.45, 7) is 2.35. The minimum atomic E-state index is -0.453. The highest BCUT2D eigenvalue weighted by atomic mass is 16.4. The van der Waals surface area contributed by atoms with Crippen LogP contribution >= 0.6 is 0 Å². The van der Waals surface area contributed by atoms with Crippen LogP contribution in [-0.2, 0) is 16.1 Å². The molecule has 2 N–H and O–H groups in total. The third-order valence-corrected chi connectivity index (χ3v) is 2.67. The third-order valence-electron chi connectivity index (χ3n) is 2.67. The Kier molecular flexibility index (Phi) is 3.56. The number of hydrogen-bond acceptors (Lipinski definition) is 7. The number of rotatable bonds is 4. The predicted molar refractivity (Wildman–Crippen MR) is 61.6 cm³/mol. The monoisotopic (exact) mass is 253 g/mol. The van der Waals surface area contributed by atoms with E-state index < -0.39 is 6.04 Å². The van der Waals surface area contributed by atoms with Gasteiger partial charge in [0.1, 0.15) is 12.6 Å². The van der Waals surface area contributed by atoms with Crippen LogP contribution in [0.4, 0.5) is 6.01 Å². The molecule has 1 aromatic heterocycles. The quantitative estimate of drug-likeness (QED) is 0.666. The summed E-state index contributed by atoms with van der Waals surface area (Å²) >= 11 is 0. The van der Waals surface area contributed by atoms with Crippen LogP contribution in [-0.4, -0.2) is 41.6 Å². The third kappa shape index (κ3) is 2.33. The highest BCUT2D eigenvalue weighted by molar-refractivity contribution is 6.04. The Labute approximate surface area is 104 Å². The summed E-state index contributed by atoms with van der Waals surface area (Å²) in [5, 5.41) is 12.9. The molecule has 2 amide bonds. The van der Waals surface area contributed by atoms with E-state index in [1.165, 1.54) is 4.90 Å². The molecule has 0 spiro atoms. The minimum Gasteiger partial charge on any atom is -0.407 e. The number of amides is 2. The summed E-state index contributed by atoms with van der Waals surface area (Å²) in [4.78, 5) is 24.6. The average Bonchev–Trinajstić information content (AvgIpc) is 2.77. The van der Waals surface area contributed by atoms with Gasteiger partial charge in [-0.3, -0.25) is 14.9 Å². The SMILES string of the molecule is CCC1C(=O)NC(=O)CN1c1nnc(CNC)o1. The van der Waals surface area contributed by atoms with E-state index in [0.29, 0.717) is 18.9 Å². The van der Waals surface area contributed by atoms with Gasteiger partial charge in [0.05, 0.1) is 6.54 Å². The molecule has 98 valence electrons. The molecule has 0 aliphatic carbocycles. The van der Waals surface area contributed by atoms with E-state index in [4.69, 9.17) is 4.42 Å². The van der Waals surface area contributed by atoms with Crippen LogP contribution < -0.4 is 15.5 Å². The second-order valence-electron chi connectivity index (χ2n) is 3.97. The van der Waals surface area contributed by atoms with E-state index in [0.717, 1.165) is 0 Å². The van der Waals surface area contributed by atoms with Crippen LogP contribution in [0, 0.1) is 0 Å². The molecule has 1 saturated heterocycles. The summed E-state index contributed by atoms with van der Waals surface area (Å²) in [5.74, 6) is -0.277. The molecule has 0 saturated carbocycles. The molecule has 2 heterocycles. The number of nitrogens with one attached hydrogen (secondary N) is 2. The number of piperazine rings is 1. The molecule has 1 fully saturated rings. The Morgan fingerprint density at radius 3 is 2.94 bits per heavy atom. The maximum atomic E-state index is 11.7. The molecule has 1 aliphatic heterocycles. The molecule has 0 aromatic carbocycles. The first kappa shape index (κ1) is 12.5. The van der Waals surface area contributed by atoms with Gasteiger partial charge in [-0.2, -0.15) is 0 Å². The van der Waals surface area contributed by atoms with Gasteiger partial charge < -0.3 is 14.6 Å². The maximum Gasteiger partial charge on any atom is 0.319 e. The Hall–Kier alpha value is -1.96. The molecule has 1 atom stereocenters. The van der Waals surface area contributed by atoms with Gasteiger partial charge >= 0.3 is 6.01 Å². The zero-order chi connectivity index (χ0) is 13.1. The van der Waals surface area contributed by atoms with E-state index in [1.807, 2.05) is 6.92 Å². The molecule has 8 heteroatoms. The fourth-order valence-corrected chi connectivity index (χ4v) is 1.86. The first-order chi connectivity index (χ1) is 8.65. The van der Waals surface area contributed by atoms with Gasteiger partial charge in [0.15, 0.2) is 0 Å². The van der Waals surface area contributed by atoms with Gasteiger partial charge in [-0.25, -0.2) is 0 Å². The van der Waals surface area contributed by atoms with E-state index in [-0.39, 0.29) is 24.4 Å². The normalized spacial score (nSPS) is 20.1. The number of imide groups is 1. The van der Waals surface area contributed by atoms with Crippen molar-refractivity contribution in [3.63, 3.8) is 0 Å². The summed E-state index contributed by atoms with van der Waals surface area (Å²) in [6, 6.07) is -0.249. The van der Waals surface area contributed by atoms with Gasteiger partial charge in [-0.1, -0.05) is 12.0 Å². The van der Waals surface area contributed by atoms with Gasteiger partial charge in [-0.15, -0.1) is 5.10 Å². The Balaban J connectivity index is 2.22. The van der Waals surface area contributed by atoms with E-state index in [1.54, 1.807) is 7.05 Å². The average molecular weight is 253 g/mol. The maximum absolute atomic E-state index is 11.7. The predicted octanol–water partition coefficient (Wildman–Crippen LogP) is -0.970. The molecule has 1 unspecified atom stereocenters. The molecule has 2 rings (SSSR count). The zero-order valence-corrected chi connectivity index (χ0v) is 10.3. The number of carbonyl (C=O) groups excluding carboxylic acids is 2. The van der Waals surface area contributed by atoms with Crippen LogP contribution in [0.2, 0.25) is 0 Å². The van der Waals surface area contributed by atoms with Crippen molar-refractivity contribution in [1.82, 2.24) is 20.8 Å². The second kappa shape index (κ2) is 5.13. The molecule has 18 heavy (non-hydrogen) atoms. The van der Waals surface area contributed by atoms with Crippen LogP contribution in [0.15, 0.2) is 4.42 Å². The van der Waals surface area contributed by atoms with Crippen LogP contribution in [0.3, 0.4) is 0 Å². The molecule has 1 aliphatic rings. The van der Waals surface area contributed by atoms with Gasteiger partial charge in [0.25, 0.3) is 0 Å². The second-order valence-corrected chi connectivity index (χ2v) is 3.97. The Bertz CT molecular complexity index is 458. The van der Waals surface area contributed by atoms with Gasteiger partial charge in [-0.05, 0) is 13.5 Å². The lowest BCUT2D eigenvalue weighted by atomic mass is 10.1. The first-order valence-corrected chi connectivity index (χ1v) is 5.73. The van der Waals surface area contributed by atoms with Crippen molar-refractivity contribution in [2.45, 2.75) is 25.9 Å². The van der Waals surface area contributed by atoms with Crippen molar-refractivity contribution in [2.75, 3.05) is 18.5 Å². The molecule has 1 aromatic rings. The van der Waals surface area contributed by atoms with E-state index in [2.05, 4.69) is 20.8 Å². The molecule has 0 radical (unpaired) electrons. The van der Waals surface area contributed by atoms with Gasteiger partial charge in [0.2, 0.25) is 17.7 Å². The topological polar surface area (TPSA) is 100 Å². The lowest BCUT2D eigenvalue weighted by molar-refractivity contribution is -0.133. The van der Waals surface area contributed by atoms with Crippen LogP contribution in [0.1, 0.15) is 19.2 Å². The summed E-state index contributed by atoms with van der Waals surface area (Å²) < 4.78 is 5.40. The summed E-state index contributed by atoms with van der Waals surface area (Å²) in [7, 11) is 1.76. The highest BCUT2D eigenvalue weighted by Crippen LogP contribution is 2.19. The van der Waals surface area contributed by atoms with Crippen LogP contribution in [0.5, 0.6) is 0 Å². The number of hydrogen-bond donors (Lipinski definition) is 2. The Morgan fingerprint density at radius 1 is 1.50 bits per heavy atom. The van der Waals surface area contributed by atoms with E-state index >= 15 is 0 Å². The molecule has 0 bridgehead atoms. The summed E-state index contributed by atoms with van der Waals surface area (Å²) in [5.41, 5.74) is 0. The van der Waals surface area contributed by atoms with Crippen molar-refractivity contribution in [3.05, 3.63) is 5.89 Å². The van der Waals surface area contributed by atoms with Crippen LogP contribution in [0.25, 0.3) is 0 Å². The lowest BCUT2D eigenvalue weighted by Crippen LogP contribution is -2.58. The van der Waals surface area contributed by atoms with Crippen molar-refractivity contribution >= 4 is 17.8 Å². The fraction of sp³-hybridized carbons (Fsp3) is 0.600. The smallest absolute Gasteiger partial charge is 0.319 e. The first-order valence-electron chi connectivity index (χ1n) is 5.73. The number of nitrogens with zero attached hydrogens (tertiary/aromatic N) is 3. The number of aromatic nitrogens is 2. The van der Waals surface area contributed by atoms with Gasteiger partial charge in [0, 0.05) is 0 Å². The summed E-state index contributed by atoms with van der Waals surface area (Å²) in [6.07, 6.45) is 0.558. The van der Waals surface area contributed by atoms with Crippen molar-refractivity contribution in [2.24, 2.45) is 0 Å². The zero-order valence-electron chi connectivity index (χ0n) is 10.3. The number of anilines is 1. The molecule has 8 nitrogen and oxygen atoms in total. The fourth-order valence-electron chi connectivity index (χ4n) is 1.86. The van der Waals surface area contributed by atoms with E-state index in [9.17, 15) is 9.59 Å². The number of carbonyl (C=O) groups is 2. The highest BCUT2D eigenvalue weighted by Gasteiger charge is 2.35. The minimum absolute atomic E-state index is 0.0471. The standard InChI is InChI=1S/C10H15N5O3/c1-3-6-9(17)12-7(16)5-15(6)10-14-13-8(18-10)4-11-2/h6,11H,3-5H2,1-2H3,(H,12,16,17). The van der Waals surface area contributed by atoms with Crippen molar-refractivity contribution < 1.29 is 14.0 Å². The lowest BCUT2D eigenvalue weighted by Gasteiger charge is -2.31.